The fourth-order valence-corrected chi connectivity index (χ4v) is 4.71. The maximum absolute atomic E-state index is 13.3. The molecule has 0 unspecified atom stereocenters. The summed E-state index contributed by atoms with van der Waals surface area (Å²) < 4.78 is 19.5. The van der Waals surface area contributed by atoms with Gasteiger partial charge in [0.25, 0.3) is 0 Å². The molecule has 1 saturated heterocycles. The van der Waals surface area contributed by atoms with E-state index in [0.29, 0.717) is 18.7 Å². The van der Waals surface area contributed by atoms with Crippen molar-refractivity contribution in [2.75, 3.05) is 20.1 Å². The van der Waals surface area contributed by atoms with Crippen molar-refractivity contribution in [2.45, 2.75) is 32.0 Å². The minimum atomic E-state index is -0.305. The van der Waals surface area contributed by atoms with E-state index in [1.54, 1.807) is 29.5 Å². The number of carbonyl (C=O) groups excluding carboxylic acids is 1. The van der Waals surface area contributed by atoms with E-state index in [4.69, 9.17) is 4.74 Å². The molecule has 1 aliphatic rings. The summed E-state index contributed by atoms with van der Waals surface area (Å²) in [6, 6.07) is 16.7. The molecule has 0 N–H and O–H groups in total. The summed E-state index contributed by atoms with van der Waals surface area (Å²) in [4.78, 5) is 16.6. The van der Waals surface area contributed by atoms with Gasteiger partial charge < -0.3 is 9.64 Å². The lowest BCUT2D eigenvalue weighted by Crippen LogP contribution is -2.41. The van der Waals surface area contributed by atoms with E-state index in [2.05, 4.69) is 40.9 Å². The number of hydrogen-bond donors (Lipinski definition) is 0. The zero-order valence-corrected chi connectivity index (χ0v) is 19.6. The molecule has 1 fully saturated rings. The molecule has 0 saturated carbocycles. The summed E-state index contributed by atoms with van der Waals surface area (Å²) in [5.74, 6) is 0.529. The number of halogens is 1. The normalized spacial score (nSPS) is 14.8. The second kappa shape index (κ2) is 11.3. The van der Waals surface area contributed by atoms with Gasteiger partial charge in [-0.15, -0.1) is 0 Å². The highest BCUT2D eigenvalue weighted by atomic mass is 32.1. The van der Waals surface area contributed by atoms with Crippen LogP contribution in [-0.4, -0.2) is 41.9 Å². The maximum atomic E-state index is 13.3. The third kappa shape index (κ3) is 7.01. The number of amides is 1. The summed E-state index contributed by atoms with van der Waals surface area (Å²) in [7, 11) is 2.13. The smallest absolute Gasteiger partial charge is 0.246 e. The average Bonchev–Trinajstić information content (AvgIpc) is 3.31. The van der Waals surface area contributed by atoms with Crippen LogP contribution in [0, 0.1) is 5.82 Å². The van der Waals surface area contributed by atoms with E-state index in [0.717, 1.165) is 31.7 Å². The lowest BCUT2D eigenvalue weighted by Gasteiger charge is -2.31. The van der Waals surface area contributed by atoms with Crippen LogP contribution < -0.4 is 4.74 Å². The molecule has 1 amide bonds. The highest BCUT2D eigenvalue weighted by Gasteiger charge is 2.23. The molecule has 4 nitrogen and oxygen atoms in total. The molecule has 6 heteroatoms. The highest BCUT2D eigenvalue weighted by molar-refractivity contribution is 7.07. The summed E-state index contributed by atoms with van der Waals surface area (Å²) in [5.41, 5.74) is 3.24. The van der Waals surface area contributed by atoms with Crippen molar-refractivity contribution >= 4 is 23.3 Å². The molecule has 0 spiro atoms. The van der Waals surface area contributed by atoms with Crippen LogP contribution in [0.1, 0.15) is 29.5 Å². The van der Waals surface area contributed by atoms with Crippen LogP contribution in [0.5, 0.6) is 5.75 Å². The summed E-state index contributed by atoms with van der Waals surface area (Å²) >= 11 is 1.73. The van der Waals surface area contributed by atoms with Gasteiger partial charge in [-0.3, -0.25) is 9.69 Å². The highest BCUT2D eigenvalue weighted by Crippen LogP contribution is 2.22. The van der Waals surface area contributed by atoms with E-state index in [9.17, 15) is 9.18 Å². The van der Waals surface area contributed by atoms with Gasteiger partial charge in [0.15, 0.2) is 0 Å². The molecule has 4 rings (SSSR count). The maximum Gasteiger partial charge on any atom is 0.246 e. The summed E-state index contributed by atoms with van der Waals surface area (Å²) in [6.07, 6.45) is 4.87. The fourth-order valence-electron chi connectivity index (χ4n) is 4.05. The Kier molecular flexibility index (Phi) is 7.92. The SMILES string of the molecule is CN(Cc1ccsc1)Cc1cccc(OC2CCN(C(=O)/C=C/c3cccc(F)c3)CC2)c1. The molecule has 0 aliphatic carbocycles. The lowest BCUT2D eigenvalue weighted by molar-refractivity contribution is -0.127. The first kappa shape index (κ1) is 23.2. The van der Waals surface area contributed by atoms with Crippen molar-refractivity contribution in [3.05, 3.63) is 93.9 Å². The van der Waals surface area contributed by atoms with E-state index < -0.39 is 0 Å². The van der Waals surface area contributed by atoms with Crippen molar-refractivity contribution in [3.63, 3.8) is 0 Å². The van der Waals surface area contributed by atoms with Crippen LogP contribution in [0.3, 0.4) is 0 Å². The third-order valence-electron chi connectivity index (χ3n) is 5.71. The number of likely N-dealkylation sites (tertiary alicyclic amines) is 1. The minimum Gasteiger partial charge on any atom is -0.490 e. The molecule has 2 heterocycles. The number of hydrogen-bond acceptors (Lipinski definition) is 4. The molecule has 2 aromatic carbocycles. The number of piperidine rings is 1. The third-order valence-corrected chi connectivity index (χ3v) is 6.44. The number of rotatable bonds is 8. The molecule has 33 heavy (non-hydrogen) atoms. The molecular formula is C27H29FN2O2S. The lowest BCUT2D eigenvalue weighted by atomic mass is 10.1. The number of thiophene rings is 1. The Bertz CT molecular complexity index is 1080. The van der Waals surface area contributed by atoms with Crippen molar-refractivity contribution < 1.29 is 13.9 Å². The van der Waals surface area contributed by atoms with E-state index in [-0.39, 0.29) is 17.8 Å². The molecule has 3 aromatic rings. The number of carbonyl (C=O) groups is 1. The van der Waals surface area contributed by atoms with Gasteiger partial charge in [0, 0.05) is 45.1 Å². The Morgan fingerprint density at radius 3 is 2.67 bits per heavy atom. The number of ether oxygens (including phenoxy) is 1. The first-order valence-electron chi connectivity index (χ1n) is 11.2. The first-order chi connectivity index (χ1) is 16.0. The van der Waals surface area contributed by atoms with Gasteiger partial charge in [0.05, 0.1) is 0 Å². The van der Waals surface area contributed by atoms with Crippen molar-refractivity contribution in [3.8, 4) is 5.75 Å². The fraction of sp³-hybridized carbons (Fsp3) is 0.296. The molecule has 0 radical (unpaired) electrons. The van der Waals surface area contributed by atoms with Crippen molar-refractivity contribution in [2.24, 2.45) is 0 Å². The molecule has 1 aromatic heterocycles. The van der Waals surface area contributed by atoms with Crippen LogP contribution in [0.2, 0.25) is 0 Å². The van der Waals surface area contributed by atoms with E-state index >= 15 is 0 Å². The molecule has 1 aliphatic heterocycles. The Balaban J connectivity index is 1.25. The Hall–Kier alpha value is -2.96. The second-order valence-electron chi connectivity index (χ2n) is 8.48. The van der Waals surface area contributed by atoms with Gasteiger partial charge in [0.2, 0.25) is 5.91 Å². The standard InChI is InChI=1S/C27H29FN2O2S/c1-29(19-23-12-15-33-20-23)18-22-5-3-7-26(17-22)32-25-10-13-30(14-11-25)27(31)9-8-21-4-2-6-24(28)16-21/h2-9,12,15-17,20,25H,10-11,13-14,18-19H2,1H3/b9-8+. The predicted octanol–water partition coefficient (Wildman–Crippen LogP) is 5.60. The summed E-state index contributed by atoms with van der Waals surface area (Å²) in [5, 5.41) is 4.29. The van der Waals surface area contributed by atoms with Crippen LogP contribution in [0.4, 0.5) is 4.39 Å². The quantitative estimate of drug-likeness (QED) is 0.407. The zero-order valence-electron chi connectivity index (χ0n) is 18.8. The number of nitrogens with zero attached hydrogens (tertiary/aromatic N) is 2. The predicted molar refractivity (Wildman–Crippen MR) is 132 cm³/mol. The number of benzene rings is 2. The monoisotopic (exact) mass is 464 g/mol. The largest absolute Gasteiger partial charge is 0.490 e. The van der Waals surface area contributed by atoms with Gasteiger partial charge in [-0.05, 0) is 70.9 Å². The van der Waals surface area contributed by atoms with Gasteiger partial charge >= 0.3 is 0 Å². The second-order valence-corrected chi connectivity index (χ2v) is 9.26. The molecule has 172 valence electrons. The Labute approximate surface area is 198 Å². The van der Waals surface area contributed by atoms with Gasteiger partial charge in [-0.1, -0.05) is 24.3 Å². The van der Waals surface area contributed by atoms with Crippen molar-refractivity contribution in [1.29, 1.82) is 0 Å². The average molecular weight is 465 g/mol. The van der Waals surface area contributed by atoms with Crippen LogP contribution in [0.25, 0.3) is 6.08 Å². The molecule has 0 atom stereocenters. The first-order valence-corrected chi connectivity index (χ1v) is 12.2. The summed E-state index contributed by atoms with van der Waals surface area (Å²) in [6.45, 7) is 3.09. The zero-order chi connectivity index (χ0) is 23.0. The Morgan fingerprint density at radius 2 is 1.91 bits per heavy atom. The van der Waals surface area contributed by atoms with E-state index in [1.165, 1.54) is 29.3 Å². The van der Waals surface area contributed by atoms with Gasteiger partial charge in [-0.25, -0.2) is 4.39 Å². The minimum absolute atomic E-state index is 0.0478. The molecular weight excluding hydrogens is 435 g/mol. The van der Waals surface area contributed by atoms with Crippen LogP contribution >= 0.6 is 11.3 Å². The van der Waals surface area contributed by atoms with Crippen LogP contribution in [-0.2, 0) is 17.9 Å². The van der Waals surface area contributed by atoms with Gasteiger partial charge in [-0.2, -0.15) is 11.3 Å². The Morgan fingerprint density at radius 1 is 1.12 bits per heavy atom. The van der Waals surface area contributed by atoms with E-state index in [1.807, 2.05) is 17.0 Å². The van der Waals surface area contributed by atoms with Crippen LogP contribution in [0.15, 0.2) is 71.4 Å². The van der Waals surface area contributed by atoms with Crippen molar-refractivity contribution in [1.82, 2.24) is 9.80 Å². The topological polar surface area (TPSA) is 32.8 Å². The van der Waals surface area contributed by atoms with Gasteiger partial charge in [0.1, 0.15) is 17.7 Å². The molecule has 0 bridgehead atoms.